The maximum atomic E-state index is 9.81. The van der Waals surface area contributed by atoms with Gasteiger partial charge in [0.2, 0.25) is 0 Å². The minimum atomic E-state index is -0.480. The topological polar surface area (TPSA) is 33.1 Å². The number of aliphatic hydroxyl groups excluding tert-OH is 1. The maximum absolute atomic E-state index is 9.81. The van der Waals surface area contributed by atoms with Gasteiger partial charge in [0.25, 0.3) is 0 Å². The lowest BCUT2D eigenvalue weighted by Crippen LogP contribution is -2.00. The fourth-order valence-electron chi connectivity index (χ4n) is 1.14. The van der Waals surface area contributed by atoms with E-state index in [0.717, 1.165) is 14.4 Å². The molecule has 1 unspecified atom stereocenters. The molecule has 0 spiro atoms. The van der Waals surface area contributed by atoms with Gasteiger partial charge in [-0.1, -0.05) is 0 Å². The zero-order valence-corrected chi connectivity index (χ0v) is 10.4. The fourth-order valence-corrected chi connectivity index (χ4v) is 3.26. The summed E-state index contributed by atoms with van der Waals surface area (Å²) in [7, 11) is 0. The van der Waals surface area contributed by atoms with Gasteiger partial charge in [0.15, 0.2) is 0 Å². The molecule has 5 heteroatoms. The first-order valence-corrected chi connectivity index (χ1v) is 6.61. The van der Waals surface area contributed by atoms with E-state index in [0.29, 0.717) is 6.42 Å². The molecule has 0 bridgehead atoms. The van der Waals surface area contributed by atoms with Crippen LogP contribution in [0.3, 0.4) is 0 Å². The highest BCUT2D eigenvalue weighted by Gasteiger charge is 2.11. The van der Waals surface area contributed by atoms with Crippen LogP contribution in [0.5, 0.6) is 0 Å². The predicted octanol–water partition coefficient (Wildman–Crippen LogP) is 3.24. The monoisotopic (exact) mass is 289 g/mol. The van der Waals surface area contributed by atoms with Gasteiger partial charge in [-0.2, -0.15) is 0 Å². The summed E-state index contributed by atoms with van der Waals surface area (Å²) in [6, 6.07) is 4.01. The third kappa shape index (κ3) is 2.42. The van der Waals surface area contributed by atoms with Crippen LogP contribution in [0.4, 0.5) is 0 Å². The molecule has 0 aliphatic heterocycles. The second-order valence-corrected chi connectivity index (χ2v) is 6.11. The maximum Gasteiger partial charge on any atom is 0.102 e. The molecule has 1 atom stereocenters. The molecule has 0 radical (unpaired) electrons. The van der Waals surface area contributed by atoms with Gasteiger partial charge in [-0.3, -0.25) is 0 Å². The summed E-state index contributed by atoms with van der Waals surface area (Å²) in [5, 5.41) is 11.7. The second kappa shape index (κ2) is 4.53. The van der Waals surface area contributed by atoms with Crippen molar-refractivity contribution >= 4 is 38.6 Å². The summed E-state index contributed by atoms with van der Waals surface area (Å²) < 4.78 is 1.10. The Morgan fingerprint density at radius 2 is 2.36 bits per heavy atom. The number of aromatic nitrogens is 1. The van der Waals surface area contributed by atoms with E-state index >= 15 is 0 Å². The van der Waals surface area contributed by atoms with Crippen LogP contribution in [-0.2, 0) is 6.42 Å². The van der Waals surface area contributed by atoms with Crippen molar-refractivity contribution < 1.29 is 5.11 Å². The summed E-state index contributed by atoms with van der Waals surface area (Å²) in [5.41, 5.74) is 2.50. The average Bonchev–Trinajstić information content (AvgIpc) is 2.75. The van der Waals surface area contributed by atoms with Crippen molar-refractivity contribution in [1.82, 2.24) is 4.98 Å². The van der Waals surface area contributed by atoms with Crippen LogP contribution in [0.25, 0.3) is 0 Å². The average molecular weight is 290 g/mol. The first-order chi connectivity index (χ1) is 6.75. The fraction of sp³-hybridized carbons (Fsp3) is 0.222. The van der Waals surface area contributed by atoms with Gasteiger partial charge in [-0.25, -0.2) is 4.98 Å². The molecule has 14 heavy (non-hydrogen) atoms. The van der Waals surface area contributed by atoms with Crippen molar-refractivity contribution in [3.63, 3.8) is 0 Å². The zero-order chi connectivity index (χ0) is 9.97. The molecule has 0 saturated carbocycles. The minimum Gasteiger partial charge on any atom is -0.386 e. The molecular weight excluding hydrogens is 282 g/mol. The van der Waals surface area contributed by atoms with Crippen LogP contribution in [0, 0.1) is 0 Å². The molecule has 2 aromatic heterocycles. The van der Waals surface area contributed by atoms with E-state index < -0.39 is 6.10 Å². The van der Waals surface area contributed by atoms with Crippen LogP contribution < -0.4 is 0 Å². The highest BCUT2D eigenvalue weighted by Crippen LogP contribution is 2.26. The van der Waals surface area contributed by atoms with Gasteiger partial charge in [0.1, 0.15) is 6.10 Å². The van der Waals surface area contributed by atoms with E-state index in [-0.39, 0.29) is 0 Å². The van der Waals surface area contributed by atoms with Crippen molar-refractivity contribution in [1.29, 1.82) is 0 Å². The van der Waals surface area contributed by atoms with Gasteiger partial charge in [0.05, 0.1) is 15.0 Å². The first kappa shape index (κ1) is 10.3. The van der Waals surface area contributed by atoms with Gasteiger partial charge in [0, 0.05) is 16.7 Å². The van der Waals surface area contributed by atoms with Gasteiger partial charge >= 0.3 is 0 Å². The van der Waals surface area contributed by atoms with Gasteiger partial charge < -0.3 is 5.11 Å². The first-order valence-electron chi connectivity index (χ1n) is 4.06. The van der Waals surface area contributed by atoms with Crippen LogP contribution in [0.1, 0.15) is 16.7 Å². The van der Waals surface area contributed by atoms with E-state index in [4.69, 9.17) is 0 Å². The van der Waals surface area contributed by atoms with Crippen LogP contribution in [-0.4, -0.2) is 10.1 Å². The standard InChI is InChI=1S/C9H8BrNOS2/c10-9-2-1-6(14-9)3-8(12)7-4-13-5-11-7/h1-2,4-5,8,12H,3H2. The Kier molecular flexibility index (Phi) is 3.33. The quantitative estimate of drug-likeness (QED) is 0.941. The molecule has 2 rings (SSSR count). The molecule has 2 aromatic rings. The van der Waals surface area contributed by atoms with Gasteiger partial charge in [-0.15, -0.1) is 22.7 Å². The molecule has 0 saturated heterocycles. The normalized spacial score (nSPS) is 13.0. The minimum absolute atomic E-state index is 0.480. The Morgan fingerprint density at radius 3 is 2.93 bits per heavy atom. The lowest BCUT2D eigenvalue weighted by molar-refractivity contribution is 0.175. The Balaban J connectivity index is 2.05. The zero-order valence-electron chi connectivity index (χ0n) is 7.18. The third-order valence-electron chi connectivity index (χ3n) is 1.82. The van der Waals surface area contributed by atoms with E-state index in [9.17, 15) is 5.11 Å². The van der Waals surface area contributed by atoms with Crippen LogP contribution in [0.15, 0.2) is 26.8 Å². The van der Waals surface area contributed by atoms with Crippen molar-refractivity contribution in [3.05, 3.63) is 37.4 Å². The number of hydrogen-bond acceptors (Lipinski definition) is 4. The molecule has 74 valence electrons. The van der Waals surface area contributed by atoms with E-state index in [1.165, 1.54) is 11.3 Å². The Morgan fingerprint density at radius 1 is 1.50 bits per heavy atom. The molecular formula is C9H8BrNOS2. The Labute approximate surface area is 98.4 Å². The molecule has 0 aliphatic carbocycles. The number of rotatable bonds is 3. The molecule has 0 aliphatic rings. The SMILES string of the molecule is OC(Cc1ccc(Br)s1)c1cscn1. The number of hydrogen-bond donors (Lipinski definition) is 1. The van der Waals surface area contributed by atoms with Crippen LogP contribution in [0.2, 0.25) is 0 Å². The number of thiazole rings is 1. The summed E-state index contributed by atoms with van der Waals surface area (Å²) in [5.74, 6) is 0. The summed E-state index contributed by atoms with van der Waals surface area (Å²) in [6.45, 7) is 0. The largest absolute Gasteiger partial charge is 0.386 e. The Hall–Kier alpha value is -0.230. The lowest BCUT2D eigenvalue weighted by Gasteiger charge is -2.04. The molecule has 0 amide bonds. The summed E-state index contributed by atoms with van der Waals surface area (Å²) in [6.07, 6.45) is 0.159. The van der Waals surface area contributed by atoms with Crippen molar-refractivity contribution in [2.75, 3.05) is 0 Å². The smallest absolute Gasteiger partial charge is 0.102 e. The van der Waals surface area contributed by atoms with E-state index in [1.807, 2.05) is 17.5 Å². The number of halogens is 1. The lowest BCUT2D eigenvalue weighted by atomic mass is 10.2. The van der Waals surface area contributed by atoms with Crippen molar-refractivity contribution in [3.8, 4) is 0 Å². The van der Waals surface area contributed by atoms with Crippen LogP contribution >= 0.6 is 38.6 Å². The number of aliphatic hydroxyl groups is 1. The van der Waals surface area contributed by atoms with Crippen molar-refractivity contribution in [2.24, 2.45) is 0 Å². The molecule has 0 aromatic carbocycles. The van der Waals surface area contributed by atoms with Gasteiger partial charge in [-0.05, 0) is 28.1 Å². The summed E-state index contributed by atoms with van der Waals surface area (Å²) >= 11 is 6.55. The van der Waals surface area contributed by atoms with E-state index in [2.05, 4.69) is 20.9 Å². The highest BCUT2D eigenvalue weighted by molar-refractivity contribution is 9.11. The second-order valence-electron chi connectivity index (χ2n) is 2.84. The summed E-state index contributed by atoms with van der Waals surface area (Å²) in [4.78, 5) is 5.24. The molecule has 0 fully saturated rings. The number of thiophene rings is 1. The Bertz CT molecular complexity index is 399. The van der Waals surface area contributed by atoms with E-state index in [1.54, 1.807) is 16.8 Å². The molecule has 2 nitrogen and oxygen atoms in total. The number of nitrogens with zero attached hydrogens (tertiary/aromatic N) is 1. The third-order valence-corrected chi connectivity index (χ3v) is 4.07. The van der Waals surface area contributed by atoms with Crippen molar-refractivity contribution in [2.45, 2.75) is 12.5 Å². The highest BCUT2D eigenvalue weighted by atomic mass is 79.9. The molecule has 2 heterocycles. The molecule has 1 N–H and O–H groups in total. The predicted molar refractivity (Wildman–Crippen MR) is 62.8 cm³/mol.